The van der Waals surface area contributed by atoms with Gasteiger partial charge in [0.2, 0.25) is 0 Å². The molecule has 17 heavy (non-hydrogen) atoms. The quantitative estimate of drug-likeness (QED) is 0.670. The first-order valence-corrected chi connectivity index (χ1v) is 5.40. The zero-order chi connectivity index (χ0) is 11.8. The molecule has 1 saturated heterocycles. The number of H-pyrrole nitrogens is 1. The monoisotopic (exact) mass is 229 g/mol. The maximum absolute atomic E-state index is 11.4. The SMILES string of the molecule is O=C1NC(=O)[C@H](Cc2c[nH]c3ccccc23)N1. The molecule has 1 aromatic heterocycles. The number of urea groups is 1. The van der Waals surface area contributed by atoms with E-state index in [-0.39, 0.29) is 5.91 Å². The van der Waals surface area contributed by atoms with E-state index in [1.165, 1.54) is 0 Å². The Morgan fingerprint density at radius 2 is 2.00 bits per heavy atom. The second-order valence-electron chi connectivity index (χ2n) is 4.08. The largest absolute Gasteiger partial charge is 0.361 e. The van der Waals surface area contributed by atoms with Crippen LogP contribution in [-0.4, -0.2) is 23.0 Å². The highest BCUT2D eigenvalue weighted by molar-refractivity contribution is 6.04. The molecule has 1 aliphatic heterocycles. The summed E-state index contributed by atoms with van der Waals surface area (Å²) in [7, 11) is 0. The van der Waals surface area contributed by atoms with Gasteiger partial charge in [0.05, 0.1) is 0 Å². The van der Waals surface area contributed by atoms with E-state index >= 15 is 0 Å². The Kier molecular flexibility index (Phi) is 2.11. The minimum Gasteiger partial charge on any atom is -0.361 e. The van der Waals surface area contributed by atoms with E-state index in [0.717, 1.165) is 16.5 Å². The zero-order valence-corrected chi connectivity index (χ0v) is 8.99. The number of hydrogen-bond acceptors (Lipinski definition) is 2. The van der Waals surface area contributed by atoms with Gasteiger partial charge < -0.3 is 10.3 Å². The lowest BCUT2D eigenvalue weighted by molar-refractivity contribution is -0.120. The van der Waals surface area contributed by atoms with Gasteiger partial charge in [-0.1, -0.05) is 18.2 Å². The number of imide groups is 1. The lowest BCUT2D eigenvalue weighted by Crippen LogP contribution is -2.30. The van der Waals surface area contributed by atoms with Crippen molar-refractivity contribution in [1.82, 2.24) is 15.6 Å². The van der Waals surface area contributed by atoms with Gasteiger partial charge in [-0.3, -0.25) is 10.1 Å². The number of aromatic amines is 1. The van der Waals surface area contributed by atoms with Crippen molar-refractivity contribution >= 4 is 22.8 Å². The fourth-order valence-corrected chi connectivity index (χ4v) is 2.12. The van der Waals surface area contributed by atoms with Gasteiger partial charge in [-0.2, -0.15) is 0 Å². The van der Waals surface area contributed by atoms with Crippen molar-refractivity contribution in [2.45, 2.75) is 12.5 Å². The van der Waals surface area contributed by atoms with E-state index in [4.69, 9.17) is 0 Å². The van der Waals surface area contributed by atoms with Crippen molar-refractivity contribution in [3.8, 4) is 0 Å². The number of carbonyl (C=O) groups is 2. The van der Waals surface area contributed by atoms with Gasteiger partial charge in [0.1, 0.15) is 6.04 Å². The summed E-state index contributed by atoms with van der Waals surface area (Å²) in [6.07, 6.45) is 2.38. The summed E-state index contributed by atoms with van der Waals surface area (Å²) < 4.78 is 0. The summed E-state index contributed by atoms with van der Waals surface area (Å²) in [6, 6.07) is 6.99. The molecule has 5 heteroatoms. The molecule has 1 aliphatic rings. The van der Waals surface area contributed by atoms with Crippen LogP contribution in [0.5, 0.6) is 0 Å². The van der Waals surface area contributed by atoms with Crippen LogP contribution in [0.25, 0.3) is 10.9 Å². The molecule has 3 amide bonds. The molecule has 0 spiro atoms. The van der Waals surface area contributed by atoms with Crippen LogP contribution in [0.2, 0.25) is 0 Å². The van der Waals surface area contributed by atoms with Crippen LogP contribution in [0.4, 0.5) is 4.79 Å². The number of fused-ring (bicyclic) bond motifs is 1. The van der Waals surface area contributed by atoms with Crippen LogP contribution in [0.1, 0.15) is 5.56 Å². The summed E-state index contributed by atoms with van der Waals surface area (Å²) in [5, 5.41) is 5.91. The number of benzene rings is 1. The second-order valence-corrected chi connectivity index (χ2v) is 4.08. The van der Waals surface area contributed by atoms with Gasteiger partial charge in [-0.05, 0) is 11.6 Å². The molecule has 0 unspecified atom stereocenters. The zero-order valence-electron chi connectivity index (χ0n) is 8.99. The Labute approximate surface area is 97.2 Å². The number of para-hydroxylation sites is 1. The molecule has 1 aromatic carbocycles. The number of nitrogens with one attached hydrogen (secondary N) is 3. The van der Waals surface area contributed by atoms with Gasteiger partial charge in [-0.25, -0.2) is 4.79 Å². The molecule has 3 rings (SSSR count). The van der Waals surface area contributed by atoms with Crippen molar-refractivity contribution in [1.29, 1.82) is 0 Å². The smallest absolute Gasteiger partial charge is 0.322 e. The summed E-state index contributed by atoms with van der Waals surface area (Å²) >= 11 is 0. The topological polar surface area (TPSA) is 74.0 Å². The maximum Gasteiger partial charge on any atom is 0.322 e. The van der Waals surface area contributed by atoms with Gasteiger partial charge in [0.15, 0.2) is 0 Å². The highest BCUT2D eigenvalue weighted by Gasteiger charge is 2.29. The van der Waals surface area contributed by atoms with Crippen molar-refractivity contribution < 1.29 is 9.59 Å². The molecule has 86 valence electrons. The summed E-state index contributed by atoms with van der Waals surface area (Å²) in [6.45, 7) is 0. The average Bonchev–Trinajstić information content (AvgIpc) is 2.85. The second kappa shape index (κ2) is 3.62. The highest BCUT2D eigenvalue weighted by Crippen LogP contribution is 2.19. The minimum absolute atomic E-state index is 0.264. The molecule has 0 radical (unpaired) electrons. The Hall–Kier alpha value is -2.30. The Bertz CT molecular complexity index is 603. The molecule has 0 bridgehead atoms. The number of carbonyl (C=O) groups excluding carboxylic acids is 2. The van der Waals surface area contributed by atoms with Crippen LogP contribution in [0.15, 0.2) is 30.5 Å². The van der Waals surface area contributed by atoms with Crippen LogP contribution in [0, 0.1) is 0 Å². The molecular formula is C12H11N3O2. The minimum atomic E-state index is -0.471. The van der Waals surface area contributed by atoms with E-state index in [1.54, 1.807) is 0 Å². The first-order valence-electron chi connectivity index (χ1n) is 5.40. The van der Waals surface area contributed by atoms with Crippen molar-refractivity contribution in [2.24, 2.45) is 0 Å². The van der Waals surface area contributed by atoms with E-state index in [9.17, 15) is 9.59 Å². The van der Waals surface area contributed by atoms with Gasteiger partial charge in [-0.15, -0.1) is 0 Å². The first-order chi connectivity index (χ1) is 8.24. The standard InChI is InChI=1S/C12H11N3O2/c16-11-10(14-12(17)15-11)5-7-6-13-9-4-2-1-3-8(7)9/h1-4,6,10,13H,5H2,(H2,14,15,16,17)/t10-/m0/s1. The van der Waals surface area contributed by atoms with Crippen LogP contribution in [-0.2, 0) is 11.2 Å². The van der Waals surface area contributed by atoms with Crippen LogP contribution in [0.3, 0.4) is 0 Å². The molecule has 1 atom stereocenters. The third-order valence-electron chi connectivity index (χ3n) is 2.96. The molecular weight excluding hydrogens is 218 g/mol. The highest BCUT2D eigenvalue weighted by atomic mass is 16.2. The fraction of sp³-hybridized carbons (Fsp3) is 0.167. The maximum atomic E-state index is 11.4. The van der Waals surface area contributed by atoms with E-state index in [0.29, 0.717) is 6.42 Å². The third kappa shape index (κ3) is 1.65. The molecule has 3 N–H and O–H groups in total. The Balaban J connectivity index is 1.90. The molecule has 5 nitrogen and oxygen atoms in total. The molecule has 1 fully saturated rings. The van der Waals surface area contributed by atoms with E-state index < -0.39 is 12.1 Å². The molecule has 2 heterocycles. The Morgan fingerprint density at radius 1 is 1.18 bits per heavy atom. The van der Waals surface area contributed by atoms with Crippen molar-refractivity contribution in [3.05, 3.63) is 36.0 Å². The van der Waals surface area contributed by atoms with Gasteiger partial charge in [0, 0.05) is 23.5 Å². The lowest BCUT2D eigenvalue weighted by atomic mass is 10.1. The lowest BCUT2D eigenvalue weighted by Gasteiger charge is -2.05. The fourth-order valence-electron chi connectivity index (χ4n) is 2.12. The van der Waals surface area contributed by atoms with E-state index in [2.05, 4.69) is 15.6 Å². The van der Waals surface area contributed by atoms with Crippen molar-refractivity contribution in [2.75, 3.05) is 0 Å². The molecule has 0 aliphatic carbocycles. The summed E-state index contributed by atoms with van der Waals surface area (Å²) in [5.41, 5.74) is 2.06. The summed E-state index contributed by atoms with van der Waals surface area (Å²) in [4.78, 5) is 25.6. The third-order valence-corrected chi connectivity index (χ3v) is 2.96. The number of aromatic nitrogens is 1. The predicted octanol–water partition coefficient (Wildman–Crippen LogP) is 0.918. The van der Waals surface area contributed by atoms with E-state index in [1.807, 2.05) is 30.5 Å². The van der Waals surface area contributed by atoms with Gasteiger partial charge in [0.25, 0.3) is 5.91 Å². The Morgan fingerprint density at radius 3 is 2.76 bits per heavy atom. The average molecular weight is 229 g/mol. The first kappa shape index (κ1) is 9.89. The molecule has 2 aromatic rings. The predicted molar refractivity (Wildman–Crippen MR) is 62.5 cm³/mol. The molecule has 0 saturated carbocycles. The number of hydrogen-bond donors (Lipinski definition) is 3. The van der Waals surface area contributed by atoms with Crippen LogP contribution < -0.4 is 10.6 Å². The summed E-state index contributed by atoms with van der Waals surface area (Å²) in [5.74, 6) is -0.264. The number of amides is 3. The van der Waals surface area contributed by atoms with Crippen LogP contribution >= 0.6 is 0 Å². The van der Waals surface area contributed by atoms with Gasteiger partial charge >= 0.3 is 6.03 Å². The number of rotatable bonds is 2. The van der Waals surface area contributed by atoms with Crippen molar-refractivity contribution in [3.63, 3.8) is 0 Å². The normalized spacial score (nSPS) is 19.4.